The van der Waals surface area contributed by atoms with E-state index >= 15 is 0 Å². The van der Waals surface area contributed by atoms with Gasteiger partial charge in [0.05, 0.1) is 6.54 Å². The molecule has 440 valence electrons. The van der Waals surface area contributed by atoms with Crippen molar-refractivity contribution in [3.05, 3.63) is 58.1 Å². The normalized spacial score (nSPS) is 23.9. The van der Waals surface area contributed by atoms with Gasteiger partial charge in [-0.2, -0.15) is 0 Å². The molecule has 8 unspecified atom stereocenters. The molecule has 1 aromatic rings. The summed E-state index contributed by atoms with van der Waals surface area (Å²) in [5.74, 6) is -6.16. The lowest BCUT2D eigenvalue weighted by Crippen LogP contribution is -2.57. The number of hydrogen-bond donors (Lipinski definition) is 4. The van der Waals surface area contributed by atoms with Crippen molar-refractivity contribution in [3.8, 4) is 0 Å². The maximum Gasteiger partial charge on any atom is 0.409 e. The van der Waals surface area contributed by atoms with Crippen LogP contribution in [0.3, 0.4) is 0 Å². The van der Waals surface area contributed by atoms with E-state index in [0.717, 1.165) is 37.1 Å². The second kappa shape index (κ2) is 35.9. The van der Waals surface area contributed by atoms with Gasteiger partial charge in [-0.05, 0) is 103 Å². The van der Waals surface area contributed by atoms with Gasteiger partial charge in [-0.3, -0.25) is 24.0 Å². The molecule has 19 heteroatoms. The molecule has 0 saturated carbocycles. The zero-order valence-electron chi connectivity index (χ0n) is 49.5. The van der Waals surface area contributed by atoms with E-state index in [2.05, 4.69) is 21.3 Å². The molecule has 0 radical (unpaired) electrons. The number of allylic oxidation sites excluding steroid dienone is 1. The summed E-state index contributed by atoms with van der Waals surface area (Å²) in [4.78, 5) is 116. The molecule has 1 heterocycles. The Balaban J connectivity index is 2.59. The highest BCUT2D eigenvalue weighted by atomic mass is 35.5. The fraction of sp³-hybridized carbons (Fsp3) is 0.695. The second-order valence-corrected chi connectivity index (χ2v) is 22.2. The second-order valence-electron chi connectivity index (χ2n) is 21.8. The Hall–Kier alpha value is -5.49. The number of benzene rings is 1. The Bertz CT molecular complexity index is 2150. The Morgan fingerprint density at radius 3 is 1.99 bits per heavy atom. The molecule has 0 aliphatic carbocycles. The van der Waals surface area contributed by atoms with Crippen molar-refractivity contribution in [2.45, 2.75) is 202 Å². The summed E-state index contributed by atoms with van der Waals surface area (Å²) >= 11 is 6.17. The molecule has 4 N–H and O–H groups in total. The third kappa shape index (κ3) is 23.9. The van der Waals surface area contributed by atoms with Crippen LogP contribution in [0.1, 0.15) is 158 Å². The van der Waals surface area contributed by atoms with Crippen LogP contribution in [0.15, 0.2) is 47.6 Å². The topological polar surface area (TPSA) is 222 Å². The number of hydrogen-bond acceptors (Lipinski definition) is 12. The van der Waals surface area contributed by atoms with E-state index in [9.17, 15) is 38.4 Å². The Labute approximate surface area is 471 Å². The van der Waals surface area contributed by atoms with Gasteiger partial charge in [-0.15, -0.1) is 0 Å². The van der Waals surface area contributed by atoms with E-state index in [4.69, 9.17) is 25.8 Å². The van der Waals surface area contributed by atoms with Crippen molar-refractivity contribution < 1.29 is 52.6 Å². The Morgan fingerprint density at radius 2 is 1.42 bits per heavy atom. The summed E-state index contributed by atoms with van der Waals surface area (Å²) in [5, 5.41) is 11.8. The molecule has 0 bridgehead atoms. The zero-order valence-corrected chi connectivity index (χ0v) is 50.2. The van der Waals surface area contributed by atoms with Gasteiger partial charge in [-0.1, -0.05) is 128 Å². The lowest BCUT2D eigenvalue weighted by atomic mass is 9.90. The smallest absolute Gasteiger partial charge is 0.409 e. The van der Waals surface area contributed by atoms with Gasteiger partial charge in [0, 0.05) is 57.0 Å². The van der Waals surface area contributed by atoms with Gasteiger partial charge in [0.1, 0.15) is 36.4 Å². The zero-order chi connectivity index (χ0) is 58.6. The Kier molecular flexibility index (Phi) is 31.6. The van der Waals surface area contributed by atoms with Gasteiger partial charge in [-0.25, -0.2) is 14.4 Å². The van der Waals surface area contributed by atoms with Crippen LogP contribution in [0.25, 0.3) is 0 Å². The highest BCUT2D eigenvalue weighted by molar-refractivity contribution is 6.30. The molecule has 0 aromatic heterocycles. The van der Waals surface area contributed by atoms with Gasteiger partial charge in [0.2, 0.25) is 23.6 Å². The lowest BCUT2D eigenvalue weighted by molar-refractivity contribution is -0.155. The van der Waals surface area contributed by atoms with Gasteiger partial charge >= 0.3 is 18.0 Å². The fourth-order valence-corrected chi connectivity index (χ4v) is 9.20. The molecule has 1 aliphatic rings. The SMILES string of the molecule is C/C=C(\C)C1OC(=O)C(C)NC(=O)C([C@H](C)CC)NC(=O)CN(C)C(=O)C(Cc2ccc(Cl)cc2)N(C)C(=O)C(C)NC(=O)C(CC(C)C)OC(=O)C(C)=CCC(OC(=O)N(C)CCCCCCCCCCCCNC)C1C. The largest absolute Gasteiger partial charge is 0.456 e. The van der Waals surface area contributed by atoms with Gasteiger partial charge in [0.25, 0.3) is 5.91 Å². The van der Waals surface area contributed by atoms with E-state index < -0.39 is 108 Å². The number of cyclic esters (lactones) is 2. The summed E-state index contributed by atoms with van der Waals surface area (Å²) in [7, 11) is 6.47. The summed E-state index contributed by atoms with van der Waals surface area (Å²) in [5.41, 5.74) is 1.40. The third-order valence-corrected chi connectivity index (χ3v) is 14.9. The van der Waals surface area contributed by atoms with Crippen LogP contribution in [-0.4, -0.2) is 153 Å². The summed E-state index contributed by atoms with van der Waals surface area (Å²) in [6, 6.07) is 2.01. The van der Waals surface area contributed by atoms with Crippen molar-refractivity contribution in [2.75, 3.05) is 47.8 Å². The number of unbranched alkanes of at least 4 members (excludes halogenated alkanes) is 9. The minimum atomic E-state index is -1.32. The minimum absolute atomic E-state index is 0.0122. The number of likely N-dealkylation sites (N-methyl/N-ethyl adjacent to an activating group) is 2. The molecule has 78 heavy (non-hydrogen) atoms. The van der Waals surface area contributed by atoms with E-state index in [1.54, 1.807) is 71.2 Å². The van der Waals surface area contributed by atoms with Crippen LogP contribution in [0, 0.1) is 17.8 Å². The van der Waals surface area contributed by atoms with Crippen molar-refractivity contribution in [3.63, 3.8) is 0 Å². The number of nitrogens with zero attached hydrogens (tertiary/aromatic N) is 3. The monoisotopic (exact) mass is 1110 g/mol. The summed E-state index contributed by atoms with van der Waals surface area (Å²) < 4.78 is 18.2. The highest BCUT2D eigenvalue weighted by Gasteiger charge is 2.38. The van der Waals surface area contributed by atoms with Gasteiger partial charge in [0.15, 0.2) is 6.10 Å². The fourth-order valence-electron chi connectivity index (χ4n) is 9.07. The molecule has 9 atom stereocenters. The van der Waals surface area contributed by atoms with E-state index in [0.29, 0.717) is 29.1 Å². The number of amides is 6. The quantitative estimate of drug-likeness (QED) is 0.0397. The molecule has 1 aromatic carbocycles. The van der Waals surface area contributed by atoms with Crippen LogP contribution >= 0.6 is 11.6 Å². The van der Waals surface area contributed by atoms with E-state index in [1.165, 1.54) is 83.2 Å². The molecule has 6 amide bonds. The van der Waals surface area contributed by atoms with Crippen molar-refractivity contribution >= 4 is 59.2 Å². The number of rotatable bonds is 21. The first-order chi connectivity index (χ1) is 36.9. The van der Waals surface area contributed by atoms with Gasteiger partial charge < -0.3 is 50.2 Å². The summed E-state index contributed by atoms with van der Waals surface area (Å²) in [6.45, 7) is 18.1. The first-order valence-corrected chi connectivity index (χ1v) is 28.7. The third-order valence-electron chi connectivity index (χ3n) is 14.6. The number of carbonyl (C=O) groups excluding carboxylic acids is 8. The molecule has 0 saturated heterocycles. The van der Waals surface area contributed by atoms with Crippen molar-refractivity contribution in [1.82, 2.24) is 36.0 Å². The van der Waals surface area contributed by atoms with Crippen LogP contribution in [-0.2, 0) is 54.2 Å². The van der Waals surface area contributed by atoms with Crippen LogP contribution in [0.5, 0.6) is 0 Å². The van der Waals surface area contributed by atoms with E-state index in [-0.39, 0.29) is 30.8 Å². The number of nitrogens with one attached hydrogen (secondary N) is 4. The summed E-state index contributed by atoms with van der Waals surface area (Å²) in [6.07, 6.45) is 11.3. The van der Waals surface area contributed by atoms with Crippen molar-refractivity contribution in [2.24, 2.45) is 17.8 Å². The first-order valence-electron chi connectivity index (χ1n) is 28.3. The molecule has 0 fully saturated rings. The van der Waals surface area contributed by atoms with Crippen LogP contribution in [0.2, 0.25) is 5.02 Å². The van der Waals surface area contributed by atoms with Crippen molar-refractivity contribution in [1.29, 1.82) is 0 Å². The standard InChI is InChI=1S/C59H96ClN7O11/c1-15-39(5)51-54(70)63-44(10)58(74)78-52(40(6)16-2)42(8)48(77-59(75)65(12)34-26-24-22-20-18-17-19-21-23-25-33-61-11)32-27-41(7)57(73)76-49(35-38(3)4)53(69)62-43(9)55(71)67(14)47(36-45-28-30-46(60)31-29-45)56(72)66(13)37-50(68)64-51/h16,27-31,38-39,42-44,47-49,51-52,61H,15,17-26,32-37H2,1-14H3,(H,62,69)(H,63,70)(H,64,68)/b40-16+,41-27?/t39-,42?,43?,44?,47?,48?,49?,51?,52?/m1/s1. The predicted octanol–water partition coefficient (Wildman–Crippen LogP) is 8.09. The number of carbonyl (C=O) groups is 8. The van der Waals surface area contributed by atoms with E-state index in [1.807, 2.05) is 27.8 Å². The number of ether oxygens (including phenoxy) is 3. The number of halogens is 1. The maximum atomic E-state index is 14.4. The first kappa shape index (κ1) is 68.6. The number of esters is 2. The molecule has 18 nitrogen and oxygen atoms in total. The average Bonchev–Trinajstić information content (AvgIpc) is 3.40. The average molecular weight is 1110 g/mol. The molecule has 0 spiro atoms. The molecular weight excluding hydrogens is 1020 g/mol. The predicted molar refractivity (Wildman–Crippen MR) is 305 cm³/mol. The minimum Gasteiger partial charge on any atom is -0.456 e. The Morgan fingerprint density at radius 1 is 0.846 bits per heavy atom. The van der Waals surface area contributed by atoms with Crippen LogP contribution < -0.4 is 21.3 Å². The molecule has 2 rings (SSSR count). The highest BCUT2D eigenvalue weighted by Crippen LogP contribution is 2.27. The lowest BCUT2D eigenvalue weighted by Gasteiger charge is -2.33. The van der Waals surface area contributed by atoms with Crippen LogP contribution in [0.4, 0.5) is 4.79 Å². The maximum absolute atomic E-state index is 14.4. The molecule has 1 aliphatic heterocycles. The molecular formula is C59H96ClN7O11.